The third kappa shape index (κ3) is 2.08. The van der Waals surface area contributed by atoms with E-state index in [1.807, 2.05) is 6.07 Å². The van der Waals surface area contributed by atoms with Crippen LogP contribution in [0.5, 0.6) is 0 Å². The summed E-state index contributed by atoms with van der Waals surface area (Å²) >= 11 is 0. The van der Waals surface area contributed by atoms with E-state index in [0.29, 0.717) is 5.92 Å². The van der Waals surface area contributed by atoms with E-state index in [1.165, 1.54) is 0 Å². The van der Waals surface area contributed by atoms with Gasteiger partial charge in [0.25, 0.3) is 0 Å². The second-order valence-electron chi connectivity index (χ2n) is 3.19. The molecule has 0 spiro atoms. The Balaban J connectivity index is 2.71. The predicted octanol–water partition coefficient (Wildman–Crippen LogP) is 1.01. The molecule has 1 heterocycles. The van der Waals surface area contributed by atoms with Crippen LogP contribution in [0.3, 0.4) is 0 Å². The Morgan fingerprint density at radius 3 is 2.83 bits per heavy atom. The molecule has 1 rings (SSSR count). The second kappa shape index (κ2) is 3.38. The van der Waals surface area contributed by atoms with Crippen molar-refractivity contribution in [3.63, 3.8) is 0 Å². The van der Waals surface area contributed by atoms with E-state index in [1.54, 1.807) is 6.20 Å². The van der Waals surface area contributed by atoms with Gasteiger partial charge in [0.1, 0.15) is 0 Å². The molecule has 0 aromatic carbocycles. The number of primary amides is 1. The molecule has 2 N–H and O–H groups in total. The van der Waals surface area contributed by atoms with E-state index < -0.39 is 6.03 Å². The summed E-state index contributed by atoms with van der Waals surface area (Å²) in [6.07, 6.45) is 2.46. The first kappa shape index (κ1) is 8.77. The number of hydrogen-bond acceptors (Lipinski definition) is 2. The number of amides is 1. The molecular formula is C8H13N3O. The summed E-state index contributed by atoms with van der Waals surface area (Å²) in [6.45, 7) is 4.20. The summed E-state index contributed by atoms with van der Waals surface area (Å²) in [4.78, 5) is 10.6. The van der Waals surface area contributed by atoms with Crippen molar-refractivity contribution in [1.82, 2.24) is 9.78 Å². The van der Waals surface area contributed by atoms with Crippen molar-refractivity contribution in [3.8, 4) is 0 Å². The maximum atomic E-state index is 10.6. The minimum Gasteiger partial charge on any atom is -0.350 e. The van der Waals surface area contributed by atoms with Crippen LogP contribution in [0, 0.1) is 5.92 Å². The molecule has 0 saturated heterocycles. The van der Waals surface area contributed by atoms with Gasteiger partial charge in [-0.3, -0.25) is 0 Å². The zero-order valence-corrected chi connectivity index (χ0v) is 7.32. The fourth-order valence-corrected chi connectivity index (χ4v) is 1.01. The van der Waals surface area contributed by atoms with E-state index in [-0.39, 0.29) is 0 Å². The Morgan fingerprint density at radius 1 is 1.75 bits per heavy atom. The van der Waals surface area contributed by atoms with Gasteiger partial charge >= 0.3 is 6.03 Å². The minimum atomic E-state index is -0.537. The third-order valence-electron chi connectivity index (χ3n) is 1.49. The van der Waals surface area contributed by atoms with Gasteiger partial charge in [-0.15, -0.1) is 0 Å². The summed E-state index contributed by atoms with van der Waals surface area (Å²) in [5, 5.41) is 3.99. The molecular weight excluding hydrogens is 154 g/mol. The smallest absolute Gasteiger partial charge is 0.339 e. The number of carbonyl (C=O) groups is 1. The lowest BCUT2D eigenvalue weighted by Crippen LogP contribution is -2.20. The van der Waals surface area contributed by atoms with Gasteiger partial charge in [0.2, 0.25) is 0 Å². The molecule has 1 aromatic heterocycles. The second-order valence-corrected chi connectivity index (χ2v) is 3.19. The highest BCUT2D eigenvalue weighted by Crippen LogP contribution is 2.04. The van der Waals surface area contributed by atoms with Crippen molar-refractivity contribution in [2.75, 3.05) is 0 Å². The fraction of sp³-hybridized carbons (Fsp3) is 0.500. The molecule has 4 nitrogen and oxygen atoms in total. The van der Waals surface area contributed by atoms with Gasteiger partial charge in [-0.25, -0.2) is 4.79 Å². The van der Waals surface area contributed by atoms with Crippen LogP contribution in [0.25, 0.3) is 0 Å². The van der Waals surface area contributed by atoms with Crippen molar-refractivity contribution >= 4 is 6.03 Å². The van der Waals surface area contributed by atoms with Crippen molar-refractivity contribution in [1.29, 1.82) is 0 Å². The van der Waals surface area contributed by atoms with Gasteiger partial charge in [0.05, 0.1) is 5.69 Å². The average molecular weight is 167 g/mol. The third-order valence-corrected chi connectivity index (χ3v) is 1.49. The van der Waals surface area contributed by atoms with Crippen LogP contribution in [0.4, 0.5) is 4.79 Å². The summed E-state index contributed by atoms with van der Waals surface area (Å²) in [7, 11) is 0. The molecule has 1 aromatic rings. The lowest BCUT2D eigenvalue weighted by atomic mass is 10.1. The van der Waals surface area contributed by atoms with Crippen LogP contribution in [-0.4, -0.2) is 15.8 Å². The summed E-state index contributed by atoms with van der Waals surface area (Å²) in [5.74, 6) is 0.543. The van der Waals surface area contributed by atoms with Crippen LogP contribution in [0.2, 0.25) is 0 Å². The predicted molar refractivity (Wildman–Crippen MR) is 45.8 cm³/mol. The van der Waals surface area contributed by atoms with Crippen LogP contribution >= 0.6 is 0 Å². The van der Waals surface area contributed by atoms with Crippen LogP contribution < -0.4 is 5.73 Å². The quantitative estimate of drug-likeness (QED) is 0.714. The van der Waals surface area contributed by atoms with Crippen LogP contribution in [0.15, 0.2) is 12.3 Å². The van der Waals surface area contributed by atoms with E-state index in [4.69, 9.17) is 5.73 Å². The first-order valence-electron chi connectivity index (χ1n) is 3.94. The molecule has 0 radical (unpaired) electrons. The maximum Gasteiger partial charge on any atom is 0.339 e. The van der Waals surface area contributed by atoms with Crippen LogP contribution in [-0.2, 0) is 6.42 Å². The highest BCUT2D eigenvalue weighted by molar-refractivity contribution is 5.73. The highest BCUT2D eigenvalue weighted by Gasteiger charge is 2.03. The fourth-order valence-electron chi connectivity index (χ4n) is 1.01. The molecule has 4 heteroatoms. The van der Waals surface area contributed by atoms with Gasteiger partial charge in [-0.2, -0.15) is 9.78 Å². The molecule has 0 bridgehead atoms. The number of carbonyl (C=O) groups excluding carboxylic acids is 1. The zero-order valence-electron chi connectivity index (χ0n) is 7.32. The standard InChI is InChI=1S/C8H13N3O/c1-6(2)5-7-3-4-11(10-7)8(9)12/h3-4,6H,5H2,1-2H3,(H2,9,12). The van der Waals surface area contributed by atoms with Crippen molar-refractivity contribution < 1.29 is 4.79 Å². The summed E-state index contributed by atoms with van der Waals surface area (Å²) < 4.78 is 1.15. The molecule has 0 saturated carbocycles. The van der Waals surface area contributed by atoms with Gasteiger partial charge in [-0.05, 0) is 18.4 Å². The number of hydrogen-bond donors (Lipinski definition) is 1. The van der Waals surface area contributed by atoms with Crippen molar-refractivity contribution in [2.24, 2.45) is 11.7 Å². The first-order valence-corrected chi connectivity index (χ1v) is 3.94. The number of rotatable bonds is 2. The number of nitrogens with two attached hydrogens (primary N) is 1. The normalized spacial score (nSPS) is 10.6. The van der Waals surface area contributed by atoms with E-state index in [2.05, 4.69) is 18.9 Å². The molecule has 0 aliphatic carbocycles. The Kier molecular flexibility index (Phi) is 2.47. The summed E-state index contributed by atoms with van der Waals surface area (Å²) in [6, 6.07) is 1.27. The summed E-state index contributed by atoms with van der Waals surface area (Å²) in [5.41, 5.74) is 5.93. The lowest BCUT2D eigenvalue weighted by molar-refractivity contribution is 0.247. The molecule has 1 amide bonds. The number of nitrogens with zero attached hydrogens (tertiary/aromatic N) is 2. The maximum absolute atomic E-state index is 10.6. The van der Waals surface area contributed by atoms with E-state index >= 15 is 0 Å². The monoisotopic (exact) mass is 167 g/mol. The van der Waals surface area contributed by atoms with E-state index in [9.17, 15) is 4.79 Å². The van der Waals surface area contributed by atoms with Crippen molar-refractivity contribution in [2.45, 2.75) is 20.3 Å². The molecule has 12 heavy (non-hydrogen) atoms. The Morgan fingerprint density at radius 2 is 2.42 bits per heavy atom. The van der Waals surface area contributed by atoms with Crippen molar-refractivity contribution in [3.05, 3.63) is 18.0 Å². The molecule has 66 valence electrons. The van der Waals surface area contributed by atoms with Gasteiger partial charge in [-0.1, -0.05) is 13.8 Å². The molecule has 0 aliphatic heterocycles. The topological polar surface area (TPSA) is 60.9 Å². The molecule has 0 unspecified atom stereocenters. The van der Waals surface area contributed by atoms with Gasteiger partial charge < -0.3 is 5.73 Å². The molecule has 0 atom stereocenters. The highest BCUT2D eigenvalue weighted by atomic mass is 16.2. The molecule has 0 fully saturated rings. The Labute approximate surface area is 71.4 Å². The average Bonchev–Trinajstić information content (AvgIpc) is 2.34. The van der Waals surface area contributed by atoms with Gasteiger partial charge in [0.15, 0.2) is 0 Å². The SMILES string of the molecule is CC(C)Cc1ccn(C(N)=O)n1. The zero-order chi connectivity index (χ0) is 9.14. The minimum absolute atomic E-state index is 0.537. The lowest BCUT2D eigenvalue weighted by Gasteiger charge is -1.98. The van der Waals surface area contributed by atoms with E-state index in [0.717, 1.165) is 16.8 Å². The first-order chi connectivity index (χ1) is 5.59. The van der Waals surface area contributed by atoms with Gasteiger partial charge in [0, 0.05) is 6.20 Å². The Hall–Kier alpha value is -1.32. The Bertz CT molecular complexity index is 278. The largest absolute Gasteiger partial charge is 0.350 e. The molecule has 0 aliphatic rings. The number of aromatic nitrogens is 2. The van der Waals surface area contributed by atoms with Crippen LogP contribution in [0.1, 0.15) is 19.5 Å².